The number of hydrogen-bond donors (Lipinski definition) is 0. The third kappa shape index (κ3) is 2.85. The summed E-state index contributed by atoms with van der Waals surface area (Å²) in [4.78, 5) is 0.0472. The highest BCUT2D eigenvalue weighted by atomic mass is 79.9. The zero-order valence-electron chi connectivity index (χ0n) is 9.55. The van der Waals surface area contributed by atoms with Crippen LogP contribution >= 0.6 is 50.7 Å². The Bertz CT molecular complexity index is 581. The van der Waals surface area contributed by atoms with Crippen LogP contribution in [-0.2, 0) is 0 Å². The summed E-state index contributed by atoms with van der Waals surface area (Å²) in [7, 11) is 0. The average Bonchev–Trinajstić information content (AvgIpc) is 2.35. The minimum Gasteiger partial charge on any atom is -0.0840 e. The molecule has 0 N–H and O–H groups in total. The van der Waals surface area contributed by atoms with E-state index in [9.17, 15) is 0 Å². The molecule has 0 aliphatic rings. The molecular weight excluding hydrogens is 354 g/mol. The lowest BCUT2D eigenvalue weighted by Gasteiger charge is -2.15. The highest BCUT2D eigenvalue weighted by Crippen LogP contribution is 2.37. The van der Waals surface area contributed by atoms with Gasteiger partial charge < -0.3 is 0 Å². The molecule has 2 aromatic carbocycles. The van der Waals surface area contributed by atoms with Gasteiger partial charge in [0.2, 0.25) is 0 Å². The Hall–Kier alpha value is -0.210. The van der Waals surface area contributed by atoms with Crippen LogP contribution in [0, 0.1) is 6.92 Å². The summed E-state index contributed by atoms with van der Waals surface area (Å²) < 4.78 is 0. The van der Waals surface area contributed by atoms with Crippen molar-refractivity contribution in [2.24, 2.45) is 0 Å². The molecule has 0 fully saturated rings. The second-order valence-corrected chi connectivity index (χ2v) is 6.13. The maximum absolute atomic E-state index is 6.13. The van der Waals surface area contributed by atoms with Crippen LogP contribution < -0.4 is 0 Å². The van der Waals surface area contributed by atoms with Crippen LogP contribution in [-0.4, -0.2) is 0 Å². The van der Waals surface area contributed by atoms with Gasteiger partial charge in [0.15, 0.2) is 0 Å². The van der Waals surface area contributed by atoms with Crippen molar-refractivity contribution in [1.29, 1.82) is 0 Å². The lowest BCUT2D eigenvalue weighted by atomic mass is 10.0. The highest BCUT2D eigenvalue weighted by molar-refractivity contribution is 9.09. The molecule has 1 atom stereocenters. The van der Waals surface area contributed by atoms with Crippen molar-refractivity contribution in [3.05, 3.63) is 68.2 Å². The second-order valence-electron chi connectivity index (χ2n) is 3.99. The average molecular weight is 364 g/mol. The van der Waals surface area contributed by atoms with Crippen LogP contribution in [0.2, 0.25) is 15.1 Å². The summed E-state index contributed by atoms with van der Waals surface area (Å²) in [5.74, 6) is 0. The van der Waals surface area contributed by atoms with Gasteiger partial charge in [-0.2, -0.15) is 0 Å². The van der Waals surface area contributed by atoms with Crippen molar-refractivity contribution >= 4 is 50.7 Å². The van der Waals surface area contributed by atoms with Gasteiger partial charge in [-0.05, 0) is 41.8 Å². The molecule has 0 saturated heterocycles. The van der Waals surface area contributed by atoms with E-state index in [2.05, 4.69) is 15.9 Å². The van der Waals surface area contributed by atoms with Crippen LogP contribution in [0.5, 0.6) is 0 Å². The molecule has 1 unspecified atom stereocenters. The smallest absolute Gasteiger partial charge is 0.0648 e. The zero-order valence-corrected chi connectivity index (χ0v) is 13.4. The van der Waals surface area contributed by atoms with Gasteiger partial charge in [-0.1, -0.05) is 68.9 Å². The van der Waals surface area contributed by atoms with E-state index in [1.807, 2.05) is 37.3 Å². The highest BCUT2D eigenvalue weighted by Gasteiger charge is 2.15. The maximum atomic E-state index is 6.13. The van der Waals surface area contributed by atoms with E-state index in [0.717, 1.165) is 21.7 Å². The van der Waals surface area contributed by atoms with Crippen LogP contribution in [0.25, 0.3) is 0 Å². The number of hydrogen-bond acceptors (Lipinski definition) is 0. The molecule has 0 saturated carbocycles. The van der Waals surface area contributed by atoms with Gasteiger partial charge in [0, 0.05) is 5.02 Å². The second kappa shape index (κ2) is 5.83. The van der Waals surface area contributed by atoms with E-state index in [-0.39, 0.29) is 4.83 Å². The SMILES string of the molecule is Cc1c(Cl)cccc1C(Br)c1ccc(Cl)c(Cl)c1. The topological polar surface area (TPSA) is 0 Å². The minimum absolute atomic E-state index is 0.0472. The summed E-state index contributed by atoms with van der Waals surface area (Å²) >= 11 is 21.8. The standard InChI is InChI=1S/C14H10BrCl3/c1-8-10(3-2-4-11(8)16)14(15)9-5-6-12(17)13(18)7-9/h2-7,14H,1H3. The molecule has 0 amide bonds. The van der Waals surface area contributed by atoms with Gasteiger partial charge in [0.05, 0.1) is 14.9 Å². The van der Waals surface area contributed by atoms with E-state index >= 15 is 0 Å². The summed E-state index contributed by atoms with van der Waals surface area (Å²) in [6.45, 7) is 2.00. The quantitative estimate of drug-likeness (QED) is 0.538. The Balaban J connectivity index is 2.44. The molecule has 0 radical (unpaired) electrons. The summed E-state index contributed by atoms with van der Waals surface area (Å²) in [5, 5.41) is 1.87. The molecule has 18 heavy (non-hydrogen) atoms. The fraction of sp³-hybridized carbons (Fsp3) is 0.143. The van der Waals surface area contributed by atoms with Crippen LogP contribution in [0.15, 0.2) is 36.4 Å². The summed E-state index contributed by atoms with van der Waals surface area (Å²) in [5.41, 5.74) is 3.24. The first-order valence-electron chi connectivity index (χ1n) is 5.34. The summed E-state index contributed by atoms with van der Waals surface area (Å²) in [6.07, 6.45) is 0. The van der Waals surface area contributed by atoms with Gasteiger partial charge in [-0.3, -0.25) is 0 Å². The molecule has 4 heteroatoms. The molecule has 2 rings (SSSR count). The number of alkyl halides is 1. The predicted molar refractivity (Wildman–Crippen MR) is 83.4 cm³/mol. The van der Waals surface area contributed by atoms with E-state index in [1.165, 1.54) is 0 Å². The largest absolute Gasteiger partial charge is 0.0840 e. The van der Waals surface area contributed by atoms with E-state index < -0.39 is 0 Å². The Labute approximate surface area is 130 Å². The first kappa shape index (κ1) is 14.2. The van der Waals surface area contributed by atoms with Gasteiger partial charge in [-0.25, -0.2) is 0 Å². The van der Waals surface area contributed by atoms with Gasteiger partial charge in [0.25, 0.3) is 0 Å². The first-order valence-corrected chi connectivity index (χ1v) is 7.39. The van der Waals surface area contributed by atoms with Crippen molar-refractivity contribution in [3.8, 4) is 0 Å². The summed E-state index contributed by atoms with van der Waals surface area (Å²) in [6, 6.07) is 11.5. The van der Waals surface area contributed by atoms with Crippen molar-refractivity contribution in [1.82, 2.24) is 0 Å². The number of benzene rings is 2. The fourth-order valence-corrected chi connectivity index (χ4v) is 3.02. The zero-order chi connectivity index (χ0) is 13.3. The maximum Gasteiger partial charge on any atom is 0.0648 e. The van der Waals surface area contributed by atoms with Gasteiger partial charge >= 0.3 is 0 Å². The van der Waals surface area contributed by atoms with Crippen molar-refractivity contribution in [3.63, 3.8) is 0 Å². The molecule has 0 aliphatic carbocycles. The van der Waals surface area contributed by atoms with Crippen molar-refractivity contribution < 1.29 is 0 Å². The van der Waals surface area contributed by atoms with Crippen molar-refractivity contribution in [2.45, 2.75) is 11.8 Å². The normalized spacial score (nSPS) is 12.5. The van der Waals surface area contributed by atoms with Crippen LogP contribution in [0.4, 0.5) is 0 Å². The van der Waals surface area contributed by atoms with Gasteiger partial charge in [0.1, 0.15) is 0 Å². The third-order valence-corrected chi connectivity index (χ3v) is 4.99. The molecule has 0 spiro atoms. The lowest BCUT2D eigenvalue weighted by Crippen LogP contribution is -1.96. The van der Waals surface area contributed by atoms with Gasteiger partial charge in [-0.15, -0.1) is 0 Å². The molecule has 0 bridgehead atoms. The molecule has 0 aromatic heterocycles. The Morgan fingerprint density at radius 3 is 2.33 bits per heavy atom. The van der Waals surface area contributed by atoms with Crippen molar-refractivity contribution in [2.75, 3.05) is 0 Å². The Morgan fingerprint density at radius 2 is 1.67 bits per heavy atom. The molecule has 94 valence electrons. The Morgan fingerprint density at radius 1 is 0.944 bits per heavy atom. The number of halogens is 4. The molecular formula is C14H10BrCl3. The molecule has 2 aromatic rings. The predicted octanol–water partition coefficient (Wildman–Crippen LogP) is 6.44. The monoisotopic (exact) mass is 362 g/mol. The third-order valence-electron chi connectivity index (χ3n) is 2.82. The van der Waals surface area contributed by atoms with E-state index in [0.29, 0.717) is 10.0 Å². The fourth-order valence-electron chi connectivity index (χ4n) is 1.75. The molecule has 0 aliphatic heterocycles. The number of rotatable bonds is 2. The van der Waals surface area contributed by atoms with Crippen LogP contribution in [0.1, 0.15) is 21.5 Å². The minimum atomic E-state index is 0.0472. The first-order chi connectivity index (χ1) is 8.50. The van der Waals surface area contributed by atoms with Crippen LogP contribution in [0.3, 0.4) is 0 Å². The van der Waals surface area contributed by atoms with E-state index in [1.54, 1.807) is 6.07 Å². The van der Waals surface area contributed by atoms with E-state index in [4.69, 9.17) is 34.8 Å². The molecule has 0 nitrogen and oxygen atoms in total. The molecule has 0 heterocycles. The lowest BCUT2D eigenvalue weighted by molar-refractivity contribution is 1.14. The Kier molecular flexibility index (Phi) is 4.60.